The predicted octanol–water partition coefficient (Wildman–Crippen LogP) is 2.21. The van der Waals surface area contributed by atoms with Gasteiger partial charge in [-0.1, -0.05) is 12.7 Å². The largest absolute Gasteiger partial charge is 0.494 e. The summed E-state index contributed by atoms with van der Waals surface area (Å²) in [7, 11) is 3.33. The Balaban J connectivity index is 2.00. The van der Waals surface area contributed by atoms with Gasteiger partial charge in [0.15, 0.2) is 6.04 Å². The van der Waals surface area contributed by atoms with Crippen LogP contribution in [0.5, 0.6) is 11.5 Å². The molecule has 0 spiro atoms. The molecule has 2 atom stereocenters. The molecule has 8 heteroatoms. The first-order valence-electron chi connectivity index (χ1n) is 9.14. The standard InChI is InChI=1S/C21H25N3O5/c1-5-12-29-18-9-6-16(7-10-18)14-23(3)15(2)21(25)22-19-11-8-17(24(26)27)13-20(19)28-4/h5-11,13,15H,1,12,14H2,2-4H3,(H,22,25)/p+1/t15-/m0/s1. The fourth-order valence-corrected chi connectivity index (χ4v) is 2.70. The molecule has 1 amide bonds. The minimum Gasteiger partial charge on any atom is -0.494 e. The lowest BCUT2D eigenvalue weighted by Crippen LogP contribution is -3.12. The van der Waals surface area contributed by atoms with Gasteiger partial charge in [0.25, 0.3) is 11.6 Å². The summed E-state index contributed by atoms with van der Waals surface area (Å²) >= 11 is 0. The minimum absolute atomic E-state index is 0.101. The van der Waals surface area contributed by atoms with Crippen molar-refractivity contribution in [2.24, 2.45) is 0 Å². The van der Waals surface area contributed by atoms with Crippen molar-refractivity contribution in [3.8, 4) is 11.5 Å². The third-order valence-corrected chi connectivity index (χ3v) is 4.56. The Morgan fingerprint density at radius 2 is 2.00 bits per heavy atom. The average molecular weight is 400 g/mol. The summed E-state index contributed by atoms with van der Waals surface area (Å²) in [5.41, 5.74) is 1.36. The van der Waals surface area contributed by atoms with Crippen molar-refractivity contribution in [3.63, 3.8) is 0 Å². The molecule has 0 aromatic heterocycles. The smallest absolute Gasteiger partial charge is 0.282 e. The van der Waals surface area contributed by atoms with Crippen molar-refractivity contribution >= 4 is 17.3 Å². The van der Waals surface area contributed by atoms with Gasteiger partial charge in [0.2, 0.25) is 0 Å². The van der Waals surface area contributed by atoms with Gasteiger partial charge in [-0.15, -0.1) is 0 Å². The van der Waals surface area contributed by atoms with E-state index >= 15 is 0 Å². The normalized spacial score (nSPS) is 12.5. The average Bonchev–Trinajstić information content (AvgIpc) is 2.72. The Kier molecular flexibility index (Phi) is 7.73. The second-order valence-electron chi connectivity index (χ2n) is 6.62. The number of hydrogen-bond acceptors (Lipinski definition) is 5. The number of nitrogens with one attached hydrogen (secondary N) is 2. The second kappa shape index (κ2) is 10.2. The summed E-state index contributed by atoms with van der Waals surface area (Å²) in [4.78, 5) is 24.0. The lowest BCUT2D eigenvalue weighted by Gasteiger charge is -2.21. The molecule has 2 rings (SSSR count). The van der Waals surface area contributed by atoms with Gasteiger partial charge >= 0.3 is 0 Å². The molecule has 0 saturated carbocycles. The minimum atomic E-state index is -0.512. The molecule has 1 unspecified atom stereocenters. The van der Waals surface area contributed by atoms with Crippen molar-refractivity contribution in [1.29, 1.82) is 0 Å². The molecule has 2 aromatic carbocycles. The number of nitro groups is 1. The number of non-ortho nitro benzene ring substituents is 1. The quantitative estimate of drug-likeness (QED) is 0.362. The summed E-state index contributed by atoms with van der Waals surface area (Å²) in [6.07, 6.45) is 1.69. The molecule has 2 aromatic rings. The molecule has 0 saturated heterocycles. The number of amides is 1. The summed E-state index contributed by atoms with van der Waals surface area (Å²) in [6.45, 7) is 6.54. The maximum Gasteiger partial charge on any atom is 0.282 e. The number of methoxy groups -OCH3 is 1. The number of anilines is 1. The monoisotopic (exact) mass is 400 g/mol. The van der Waals surface area contributed by atoms with Crippen molar-refractivity contribution in [2.45, 2.75) is 19.5 Å². The van der Waals surface area contributed by atoms with Crippen LogP contribution in [0.3, 0.4) is 0 Å². The van der Waals surface area contributed by atoms with E-state index in [0.29, 0.717) is 18.8 Å². The van der Waals surface area contributed by atoms with Gasteiger partial charge in [-0.2, -0.15) is 0 Å². The fourth-order valence-electron chi connectivity index (χ4n) is 2.70. The summed E-state index contributed by atoms with van der Waals surface area (Å²) in [6, 6.07) is 11.4. The van der Waals surface area contributed by atoms with E-state index in [1.165, 1.54) is 25.3 Å². The topological polar surface area (TPSA) is 95.1 Å². The molecular weight excluding hydrogens is 374 g/mol. The molecule has 0 bridgehead atoms. The van der Waals surface area contributed by atoms with Crippen LogP contribution >= 0.6 is 0 Å². The maximum absolute atomic E-state index is 12.7. The molecule has 0 fully saturated rings. The number of rotatable bonds is 10. The van der Waals surface area contributed by atoms with Gasteiger partial charge < -0.3 is 19.7 Å². The van der Waals surface area contributed by atoms with E-state index in [4.69, 9.17) is 9.47 Å². The first-order valence-corrected chi connectivity index (χ1v) is 9.14. The molecule has 0 aliphatic heterocycles. The van der Waals surface area contributed by atoms with Crippen molar-refractivity contribution in [2.75, 3.05) is 26.1 Å². The zero-order valence-corrected chi connectivity index (χ0v) is 16.8. The van der Waals surface area contributed by atoms with Crippen LogP contribution in [0.4, 0.5) is 11.4 Å². The van der Waals surface area contributed by atoms with E-state index in [1.54, 1.807) is 6.08 Å². The highest BCUT2D eigenvalue weighted by molar-refractivity contribution is 5.95. The van der Waals surface area contributed by atoms with Crippen LogP contribution in [0.25, 0.3) is 0 Å². The lowest BCUT2D eigenvalue weighted by atomic mass is 10.1. The fraction of sp³-hybridized carbons (Fsp3) is 0.286. The highest BCUT2D eigenvalue weighted by atomic mass is 16.6. The molecular formula is C21H26N3O5+. The number of likely N-dealkylation sites (N-methyl/N-ethyl adjacent to an activating group) is 1. The number of carbonyl (C=O) groups excluding carboxylic acids is 1. The third kappa shape index (κ3) is 6.05. The number of nitrogens with zero attached hydrogens (tertiary/aromatic N) is 1. The van der Waals surface area contributed by atoms with Gasteiger partial charge in [-0.3, -0.25) is 14.9 Å². The third-order valence-electron chi connectivity index (χ3n) is 4.56. The lowest BCUT2D eigenvalue weighted by molar-refractivity contribution is -0.907. The molecule has 154 valence electrons. The summed E-state index contributed by atoms with van der Waals surface area (Å²) < 4.78 is 10.6. The van der Waals surface area contributed by atoms with E-state index in [9.17, 15) is 14.9 Å². The molecule has 29 heavy (non-hydrogen) atoms. The van der Waals surface area contributed by atoms with Gasteiger partial charge in [0, 0.05) is 11.6 Å². The number of quaternary nitrogens is 1. The molecule has 8 nitrogen and oxygen atoms in total. The first-order chi connectivity index (χ1) is 13.8. The Hall–Kier alpha value is -3.39. The molecule has 0 aliphatic carbocycles. The molecule has 0 aliphatic rings. The molecule has 2 N–H and O–H groups in total. The molecule has 0 heterocycles. The van der Waals surface area contributed by atoms with E-state index in [-0.39, 0.29) is 23.4 Å². The van der Waals surface area contributed by atoms with Crippen LogP contribution in [-0.2, 0) is 11.3 Å². The zero-order chi connectivity index (χ0) is 21.4. The van der Waals surface area contributed by atoms with Crippen molar-refractivity contribution in [1.82, 2.24) is 0 Å². The maximum atomic E-state index is 12.7. The Bertz CT molecular complexity index is 867. The highest BCUT2D eigenvalue weighted by Gasteiger charge is 2.23. The van der Waals surface area contributed by atoms with E-state index < -0.39 is 4.92 Å². The number of hydrogen-bond donors (Lipinski definition) is 2. The van der Waals surface area contributed by atoms with Gasteiger partial charge in [0.05, 0.1) is 30.8 Å². The van der Waals surface area contributed by atoms with Crippen LogP contribution in [0.15, 0.2) is 55.1 Å². The SMILES string of the molecule is C=CCOc1ccc(C[NH+](C)[C@@H](C)C(=O)Nc2ccc([N+](=O)[O-])cc2OC)cc1. The number of ether oxygens (including phenoxy) is 2. The van der Waals surface area contributed by atoms with Crippen LogP contribution in [0.1, 0.15) is 12.5 Å². The van der Waals surface area contributed by atoms with E-state index in [2.05, 4.69) is 11.9 Å². The Morgan fingerprint density at radius 1 is 1.31 bits per heavy atom. The van der Waals surface area contributed by atoms with Gasteiger partial charge in [-0.05, 0) is 37.3 Å². The van der Waals surface area contributed by atoms with Crippen molar-refractivity contribution < 1.29 is 24.1 Å². The van der Waals surface area contributed by atoms with Crippen LogP contribution in [0.2, 0.25) is 0 Å². The predicted molar refractivity (Wildman–Crippen MR) is 110 cm³/mol. The number of carbonyl (C=O) groups is 1. The number of nitro benzene ring substituents is 1. The van der Waals surface area contributed by atoms with Crippen LogP contribution in [-0.4, -0.2) is 37.6 Å². The summed E-state index contributed by atoms with van der Waals surface area (Å²) in [5.74, 6) is 0.801. The Morgan fingerprint density at radius 3 is 2.59 bits per heavy atom. The van der Waals surface area contributed by atoms with Gasteiger partial charge in [0.1, 0.15) is 24.7 Å². The summed E-state index contributed by atoms with van der Waals surface area (Å²) in [5, 5.41) is 13.7. The number of benzene rings is 2. The highest BCUT2D eigenvalue weighted by Crippen LogP contribution is 2.29. The van der Waals surface area contributed by atoms with Crippen LogP contribution < -0.4 is 19.7 Å². The van der Waals surface area contributed by atoms with E-state index in [0.717, 1.165) is 16.2 Å². The van der Waals surface area contributed by atoms with Gasteiger partial charge in [-0.25, -0.2) is 0 Å². The van der Waals surface area contributed by atoms with Crippen molar-refractivity contribution in [3.05, 3.63) is 70.8 Å². The van der Waals surface area contributed by atoms with Crippen LogP contribution in [0, 0.1) is 10.1 Å². The van der Waals surface area contributed by atoms with E-state index in [1.807, 2.05) is 38.2 Å². The molecule has 0 radical (unpaired) electrons. The zero-order valence-electron chi connectivity index (χ0n) is 16.8. The first kappa shape index (κ1) is 21.9. The second-order valence-corrected chi connectivity index (χ2v) is 6.62. The Labute approximate surface area is 169 Å².